The lowest BCUT2D eigenvalue weighted by molar-refractivity contribution is 0.0706. The van der Waals surface area contributed by atoms with Crippen LogP contribution >= 0.6 is 11.6 Å². The third kappa shape index (κ3) is 3.40. The summed E-state index contributed by atoms with van der Waals surface area (Å²) in [6, 6.07) is 11.3. The molecule has 8 heteroatoms. The molecule has 1 heterocycles. The number of amides is 1. The van der Waals surface area contributed by atoms with Gasteiger partial charge in [0.05, 0.1) is 16.6 Å². The number of carbonyl (C=O) groups excluding carboxylic acids is 1. The van der Waals surface area contributed by atoms with Gasteiger partial charge in [-0.15, -0.1) is 0 Å². The van der Waals surface area contributed by atoms with Crippen LogP contribution in [0.2, 0.25) is 5.02 Å². The van der Waals surface area contributed by atoms with Gasteiger partial charge in [0.15, 0.2) is 0 Å². The van der Waals surface area contributed by atoms with Gasteiger partial charge in [-0.25, -0.2) is 15.0 Å². The van der Waals surface area contributed by atoms with E-state index in [4.69, 9.17) is 16.8 Å². The highest BCUT2D eigenvalue weighted by molar-refractivity contribution is 6.30. The standard InChI is InChI=1S/C18H17ClN4O3/c1-10(2)20-18-21-15-9-11(16(24)22-26)3-8-14(15)17(25)23(18)13-6-4-12(19)5-7-13/h3-10,26H,1-2H3,(H,20,21)(H,22,24). The predicted molar refractivity (Wildman–Crippen MR) is 100 cm³/mol. The van der Waals surface area contributed by atoms with Crippen molar-refractivity contribution in [1.29, 1.82) is 0 Å². The van der Waals surface area contributed by atoms with Crippen molar-refractivity contribution in [3.63, 3.8) is 0 Å². The molecule has 2 aromatic carbocycles. The first kappa shape index (κ1) is 17.9. The number of benzene rings is 2. The monoisotopic (exact) mass is 372 g/mol. The molecule has 7 nitrogen and oxygen atoms in total. The summed E-state index contributed by atoms with van der Waals surface area (Å²) in [6.45, 7) is 3.86. The third-order valence-electron chi connectivity index (χ3n) is 3.74. The van der Waals surface area contributed by atoms with Gasteiger partial charge in [-0.1, -0.05) is 11.6 Å². The van der Waals surface area contributed by atoms with Gasteiger partial charge in [0.25, 0.3) is 11.5 Å². The van der Waals surface area contributed by atoms with Crippen molar-refractivity contribution >= 4 is 34.4 Å². The fourth-order valence-corrected chi connectivity index (χ4v) is 2.70. The van der Waals surface area contributed by atoms with Crippen LogP contribution in [0.3, 0.4) is 0 Å². The molecule has 1 aromatic heterocycles. The van der Waals surface area contributed by atoms with Crippen molar-refractivity contribution in [3.8, 4) is 5.69 Å². The van der Waals surface area contributed by atoms with Crippen molar-refractivity contribution < 1.29 is 10.0 Å². The number of hydrogen-bond donors (Lipinski definition) is 3. The quantitative estimate of drug-likeness (QED) is 0.483. The number of fused-ring (bicyclic) bond motifs is 1. The highest BCUT2D eigenvalue weighted by Gasteiger charge is 2.15. The molecule has 0 bridgehead atoms. The summed E-state index contributed by atoms with van der Waals surface area (Å²) in [5.41, 5.74) is 2.46. The van der Waals surface area contributed by atoms with E-state index >= 15 is 0 Å². The molecular formula is C18H17ClN4O3. The fraction of sp³-hybridized carbons (Fsp3) is 0.167. The van der Waals surface area contributed by atoms with E-state index in [1.54, 1.807) is 29.7 Å². The van der Waals surface area contributed by atoms with Gasteiger partial charge in [0, 0.05) is 16.6 Å². The van der Waals surface area contributed by atoms with Crippen molar-refractivity contribution in [2.24, 2.45) is 0 Å². The van der Waals surface area contributed by atoms with Gasteiger partial charge >= 0.3 is 0 Å². The number of hydroxylamine groups is 1. The SMILES string of the molecule is CC(C)Nc1nc2cc(C(=O)NO)ccc2c(=O)n1-c1ccc(Cl)cc1. The Morgan fingerprint density at radius 3 is 2.50 bits per heavy atom. The lowest BCUT2D eigenvalue weighted by Crippen LogP contribution is -2.26. The Morgan fingerprint density at radius 1 is 1.19 bits per heavy atom. The summed E-state index contributed by atoms with van der Waals surface area (Å²) in [4.78, 5) is 29.2. The lowest BCUT2D eigenvalue weighted by atomic mass is 10.1. The number of nitrogens with one attached hydrogen (secondary N) is 2. The number of rotatable bonds is 4. The number of nitrogens with zero attached hydrogens (tertiary/aromatic N) is 2. The van der Waals surface area contributed by atoms with Crippen molar-refractivity contribution in [1.82, 2.24) is 15.0 Å². The molecule has 134 valence electrons. The first-order chi connectivity index (χ1) is 12.4. The Hall–Kier alpha value is -2.90. The smallest absolute Gasteiger partial charge is 0.274 e. The largest absolute Gasteiger partial charge is 0.353 e. The minimum Gasteiger partial charge on any atom is -0.353 e. The summed E-state index contributed by atoms with van der Waals surface area (Å²) >= 11 is 5.94. The molecule has 0 saturated carbocycles. The number of anilines is 1. The van der Waals surface area contributed by atoms with E-state index in [0.29, 0.717) is 27.6 Å². The lowest BCUT2D eigenvalue weighted by Gasteiger charge is -2.17. The van der Waals surface area contributed by atoms with Gasteiger partial charge in [-0.2, -0.15) is 0 Å². The van der Waals surface area contributed by atoms with Gasteiger partial charge in [0.2, 0.25) is 5.95 Å². The maximum Gasteiger partial charge on any atom is 0.274 e. The van der Waals surface area contributed by atoms with Gasteiger partial charge in [0.1, 0.15) is 0 Å². The number of aromatic nitrogens is 2. The van der Waals surface area contributed by atoms with Crippen LogP contribution in [-0.2, 0) is 0 Å². The molecule has 0 unspecified atom stereocenters. The molecule has 3 rings (SSSR count). The zero-order chi connectivity index (χ0) is 18.8. The summed E-state index contributed by atoms with van der Waals surface area (Å²) in [5.74, 6) is -0.324. The van der Waals surface area contributed by atoms with Crippen LogP contribution in [-0.4, -0.2) is 26.7 Å². The Labute approximate surface area is 154 Å². The third-order valence-corrected chi connectivity index (χ3v) is 3.99. The molecule has 0 spiro atoms. The Balaban J connectivity index is 2.28. The normalized spacial score (nSPS) is 11.0. The van der Waals surface area contributed by atoms with Crippen LogP contribution in [0.4, 0.5) is 5.95 Å². The molecule has 0 radical (unpaired) electrons. The molecule has 0 atom stereocenters. The van der Waals surface area contributed by atoms with E-state index in [1.165, 1.54) is 22.8 Å². The molecule has 0 saturated heterocycles. The molecule has 0 aliphatic heterocycles. The van der Waals surface area contributed by atoms with Crippen LogP contribution in [0, 0.1) is 0 Å². The van der Waals surface area contributed by atoms with Crippen LogP contribution in [0.25, 0.3) is 16.6 Å². The van der Waals surface area contributed by atoms with Gasteiger partial charge in [-0.05, 0) is 56.3 Å². The fourth-order valence-electron chi connectivity index (χ4n) is 2.58. The van der Waals surface area contributed by atoms with Crippen molar-refractivity contribution in [2.75, 3.05) is 5.32 Å². The summed E-state index contributed by atoms with van der Waals surface area (Å²) in [7, 11) is 0. The Bertz CT molecular complexity index is 1030. The molecule has 3 aromatic rings. The second-order valence-corrected chi connectivity index (χ2v) is 6.46. The number of halogens is 1. The zero-order valence-corrected chi connectivity index (χ0v) is 14.9. The second kappa shape index (κ2) is 7.15. The highest BCUT2D eigenvalue weighted by Crippen LogP contribution is 2.19. The molecule has 26 heavy (non-hydrogen) atoms. The summed E-state index contributed by atoms with van der Waals surface area (Å²) in [5, 5.41) is 12.9. The number of carbonyl (C=O) groups is 1. The van der Waals surface area contributed by atoms with Crippen LogP contribution in [0.5, 0.6) is 0 Å². The highest BCUT2D eigenvalue weighted by atomic mass is 35.5. The van der Waals surface area contributed by atoms with Crippen molar-refractivity contribution in [3.05, 3.63) is 63.4 Å². The zero-order valence-electron chi connectivity index (χ0n) is 14.2. The molecular weight excluding hydrogens is 356 g/mol. The van der Waals surface area contributed by atoms with E-state index in [1.807, 2.05) is 13.8 Å². The van der Waals surface area contributed by atoms with E-state index in [0.717, 1.165) is 0 Å². The van der Waals surface area contributed by atoms with Gasteiger partial charge in [-0.3, -0.25) is 14.8 Å². The summed E-state index contributed by atoms with van der Waals surface area (Å²) < 4.78 is 1.46. The molecule has 0 aliphatic rings. The van der Waals surface area contributed by atoms with E-state index in [2.05, 4.69) is 10.3 Å². The van der Waals surface area contributed by atoms with Crippen LogP contribution in [0.15, 0.2) is 47.3 Å². The molecule has 0 fully saturated rings. The predicted octanol–water partition coefficient (Wildman–Crippen LogP) is 2.98. The van der Waals surface area contributed by atoms with Gasteiger partial charge < -0.3 is 5.32 Å². The summed E-state index contributed by atoms with van der Waals surface area (Å²) in [6.07, 6.45) is 0. The topological polar surface area (TPSA) is 96.2 Å². The molecule has 1 amide bonds. The van der Waals surface area contributed by atoms with Crippen LogP contribution in [0.1, 0.15) is 24.2 Å². The maximum atomic E-state index is 13.1. The first-order valence-electron chi connectivity index (χ1n) is 7.94. The average Bonchev–Trinajstić information content (AvgIpc) is 2.61. The van der Waals surface area contributed by atoms with E-state index in [-0.39, 0.29) is 17.2 Å². The Morgan fingerprint density at radius 2 is 1.88 bits per heavy atom. The van der Waals surface area contributed by atoms with Crippen LogP contribution < -0.4 is 16.4 Å². The minimum absolute atomic E-state index is 0.0295. The van der Waals surface area contributed by atoms with E-state index < -0.39 is 5.91 Å². The van der Waals surface area contributed by atoms with Crippen molar-refractivity contribution in [2.45, 2.75) is 19.9 Å². The molecule has 0 aliphatic carbocycles. The first-order valence-corrected chi connectivity index (χ1v) is 8.32. The van der Waals surface area contributed by atoms with E-state index in [9.17, 15) is 9.59 Å². The maximum absolute atomic E-state index is 13.1. The Kier molecular flexibility index (Phi) is 4.92. The average molecular weight is 373 g/mol. The minimum atomic E-state index is -0.672. The molecule has 3 N–H and O–H groups in total. The number of hydrogen-bond acceptors (Lipinski definition) is 5. The second-order valence-electron chi connectivity index (χ2n) is 6.02.